The molecule has 0 spiro atoms. The molecule has 2 nitrogen and oxygen atoms in total. The Morgan fingerprint density at radius 1 is 1.18 bits per heavy atom. The van der Waals surface area contributed by atoms with Gasteiger partial charge < -0.3 is 4.90 Å². The van der Waals surface area contributed by atoms with E-state index in [1.54, 1.807) is 0 Å². The lowest BCUT2D eigenvalue weighted by atomic mass is 10.0. The van der Waals surface area contributed by atoms with Crippen molar-refractivity contribution in [2.75, 3.05) is 33.2 Å². The van der Waals surface area contributed by atoms with Crippen LogP contribution >= 0.6 is 11.6 Å². The molecule has 2 aliphatic rings. The minimum absolute atomic E-state index is 0.367. The van der Waals surface area contributed by atoms with Gasteiger partial charge in [0.05, 0.1) is 11.1 Å². The Morgan fingerprint density at radius 2 is 1.95 bits per heavy atom. The standard InChI is InChI=1S/C19H25ClN2/c1-21-14-16(15-22-11-5-2-6-12-22)13-18(21)10-9-17-7-3-4-8-19(17)20/h3-4,7-8,16,18H,2,5-6,11-15H2,1H3/t16-,18+/m0/s1. The average Bonchev–Trinajstić information content (AvgIpc) is 2.87. The van der Waals surface area contributed by atoms with Crippen LogP contribution in [0.25, 0.3) is 0 Å². The van der Waals surface area contributed by atoms with Gasteiger partial charge in [-0.3, -0.25) is 4.90 Å². The van der Waals surface area contributed by atoms with E-state index in [1.807, 2.05) is 24.3 Å². The van der Waals surface area contributed by atoms with Gasteiger partial charge in [-0.15, -0.1) is 0 Å². The van der Waals surface area contributed by atoms with Crippen LogP contribution in [-0.2, 0) is 0 Å². The van der Waals surface area contributed by atoms with Crippen LogP contribution in [0.1, 0.15) is 31.2 Å². The van der Waals surface area contributed by atoms with Crippen LogP contribution in [0, 0.1) is 17.8 Å². The highest BCUT2D eigenvalue weighted by atomic mass is 35.5. The van der Waals surface area contributed by atoms with Crippen molar-refractivity contribution in [3.8, 4) is 11.8 Å². The third-order valence-electron chi connectivity index (χ3n) is 4.85. The quantitative estimate of drug-likeness (QED) is 0.771. The molecule has 1 aromatic rings. The fraction of sp³-hybridized carbons (Fsp3) is 0.579. The molecule has 2 saturated heterocycles. The Kier molecular flexibility index (Phi) is 5.41. The summed E-state index contributed by atoms with van der Waals surface area (Å²) >= 11 is 6.18. The lowest BCUT2D eigenvalue weighted by molar-refractivity contribution is 0.196. The molecule has 0 bridgehead atoms. The number of rotatable bonds is 2. The lowest BCUT2D eigenvalue weighted by Gasteiger charge is -2.28. The van der Waals surface area contributed by atoms with E-state index in [-0.39, 0.29) is 0 Å². The first-order chi connectivity index (χ1) is 10.7. The van der Waals surface area contributed by atoms with Gasteiger partial charge in [0, 0.05) is 18.7 Å². The first-order valence-electron chi connectivity index (χ1n) is 8.41. The molecule has 2 heterocycles. The average molecular weight is 317 g/mol. The second kappa shape index (κ2) is 7.51. The van der Waals surface area contributed by atoms with Crippen molar-refractivity contribution < 1.29 is 0 Å². The van der Waals surface area contributed by atoms with Gasteiger partial charge in [-0.1, -0.05) is 42.0 Å². The monoisotopic (exact) mass is 316 g/mol. The van der Waals surface area contributed by atoms with Crippen molar-refractivity contribution in [1.82, 2.24) is 9.80 Å². The molecule has 0 radical (unpaired) electrons. The molecule has 0 N–H and O–H groups in total. The Morgan fingerprint density at radius 3 is 2.73 bits per heavy atom. The lowest BCUT2D eigenvalue weighted by Crippen LogP contribution is -2.34. The zero-order chi connectivity index (χ0) is 15.4. The van der Waals surface area contributed by atoms with Crippen molar-refractivity contribution in [3.63, 3.8) is 0 Å². The first-order valence-corrected chi connectivity index (χ1v) is 8.79. The molecule has 2 fully saturated rings. The number of likely N-dealkylation sites (tertiary alicyclic amines) is 2. The summed E-state index contributed by atoms with van der Waals surface area (Å²) in [6.45, 7) is 4.99. The first kappa shape index (κ1) is 15.9. The summed E-state index contributed by atoms with van der Waals surface area (Å²) in [5, 5.41) is 0.750. The minimum Gasteiger partial charge on any atom is -0.303 e. The summed E-state index contributed by atoms with van der Waals surface area (Å²) in [6.07, 6.45) is 5.34. The zero-order valence-corrected chi connectivity index (χ0v) is 14.1. The highest BCUT2D eigenvalue weighted by molar-refractivity contribution is 6.31. The molecule has 0 saturated carbocycles. The minimum atomic E-state index is 0.367. The highest BCUT2D eigenvalue weighted by Crippen LogP contribution is 2.24. The van der Waals surface area contributed by atoms with Gasteiger partial charge in [0.25, 0.3) is 0 Å². The van der Waals surface area contributed by atoms with Gasteiger partial charge in [-0.2, -0.15) is 0 Å². The van der Waals surface area contributed by atoms with Crippen LogP contribution in [0.15, 0.2) is 24.3 Å². The largest absolute Gasteiger partial charge is 0.303 e. The van der Waals surface area contributed by atoms with Crippen LogP contribution in [-0.4, -0.2) is 49.1 Å². The van der Waals surface area contributed by atoms with Gasteiger partial charge in [0.15, 0.2) is 0 Å². The van der Waals surface area contributed by atoms with E-state index in [2.05, 4.69) is 28.7 Å². The van der Waals surface area contributed by atoms with Crippen molar-refractivity contribution in [2.24, 2.45) is 5.92 Å². The number of piperidine rings is 1. The van der Waals surface area contributed by atoms with Crippen LogP contribution in [0.3, 0.4) is 0 Å². The molecule has 3 heteroatoms. The SMILES string of the molecule is CN1C[C@@H](CN2CCCCC2)C[C@H]1C#Cc1ccccc1Cl. The number of halogens is 1. The van der Waals surface area contributed by atoms with E-state index < -0.39 is 0 Å². The highest BCUT2D eigenvalue weighted by Gasteiger charge is 2.29. The van der Waals surface area contributed by atoms with Gasteiger partial charge in [0.2, 0.25) is 0 Å². The number of hydrogen-bond donors (Lipinski definition) is 0. The van der Waals surface area contributed by atoms with E-state index in [9.17, 15) is 0 Å². The molecule has 0 aliphatic carbocycles. The molecule has 1 aromatic carbocycles. The third kappa shape index (κ3) is 4.04. The van der Waals surface area contributed by atoms with Crippen LogP contribution in [0.4, 0.5) is 0 Å². The maximum atomic E-state index is 6.18. The molecule has 22 heavy (non-hydrogen) atoms. The molecular weight excluding hydrogens is 292 g/mol. The summed E-state index contributed by atoms with van der Waals surface area (Å²) in [4.78, 5) is 5.05. The predicted octanol–water partition coefficient (Wildman–Crippen LogP) is 3.50. The molecule has 0 aromatic heterocycles. The van der Waals surface area contributed by atoms with Gasteiger partial charge in [-0.05, 0) is 57.5 Å². The topological polar surface area (TPSA) is 6.48 Å². The molecular formula is C19H25ClN2. The summed E-state index contributed by atoms with van der Waals surface area (Å²) < 4.78 is 0. The van der Waals surface area contributed by atoms with Crippen molar-refractivity contribution in [1.29, 1.82) is 0 Å². The Balaban J connectivity index is 1.58. The van der Waals surface area contributed by atoms with Crippen LogP contribution < -0.4 is 0 Å². The molecule has 0 unspecified atom stereocenters. The van der Waals surface area contributed by atoms with Crippen LogP contribution in [0.2, 0.25) is 5.02 Å². The summed E-state index contributed by atoms with van der Waals surface area (Å²) in [5.74, 6) is 7.46. The summed E-state index contributed by atoms with van der Waals surface area (Å²) in [5.41, 5.74) is 0.942. The van der Waals surface area contributed by atoms with E-state index in [1.165, 1.54) is 51.9 Å². The molecule has 0 amide bonds. The fourth-order valence-corrected chi connectivity index (χ4v) is 3.82. The Hall–Kier alpha value is -1.01. The van der Waals surface area contributed by atoms with Gasteiger partial charge in [-0.25, -0.2) is 0 Å². The molecule has 3 rings (SSSR count). The van der Waals surface area contributed by atoms with Crippen molar-refractivity contribution in [3.05, 3.63) is 34.9 Å². The molecule has 2 atom stereocenters. The maximum absolute atomic E-state index is 6.18. The number of nitrogens with zero attached hydrogens (tertiary/aromatic N) is 2. The van der Waals surface area contributed by atoms with E-state index in [0.717, 1.165) is 16.5 Å². The number of benzene rings is 1. The Bertz CT molecular complexity index is 554. The van der Waals surface area contributed by atoms with Gasteiger partial charge >= 0.3 is 0 Å². The smallest absolute Gasteiger partial charge is 0.0719 e. The molecule has 118 valence electrons. The second-order valence-corrected chi connectivity index (χ2v) is 7.07. The summed E-state index contributed by atoms with van der Waals surface area (Å²) in [7, 11) is 2.20. The van der Waals surface area contributed by atoms with Crippen molar-refractivity contribution >= 4 is 11.6 Å². The summed E-state index contributed by atoms with van der Waals surface area (Å²) in [6, 6.07) is 8.21. The third-order valence-corrected chi connectivity index (χ3v) is 5.18. The fourth-order valence-electron chi connectivity index (χ4n) is 3.64. The molecule has 2 aliphatic heterocycles. The van der Waals surface area contributed by atoms with E-state index in [4.69, 9.17) is 11.6 Å². The predicted molar refractivity (Wildman–Crippen MR) is 93.1 cm³/mol. The van der Waals surface area contributed by atoms with E-state index in [0.29, 0.717) is 6.04 Å². The van der Waals surface area contributed by atoms with E-state index >= 15 is 0 Å². The zero-order valence-electron chi connectivity index (χ0n) is 13.4. The normalized spacial score (nSPS) is 26.6. The maximum Gasteiger partial charge on any atom is 0.0719 e. The Labute approximate surface area is 139 Å². The van der Waals surface area contributed by atoms with Gasteiger partial charge in [0.1, 0.15) is 0 Å². The van der Waals surface area contributed by atoms with Crippen LogP contribution in [0.5, 0.6) is 0 Å². The van der Waals surface area contributed by atoms with Crippen molar-refractivity contribution in [2.45, 2.75) is 31.7 Å². The number of hydrogen-bond acceptors (Lipinski definition) is 2. The second-order valence-electron chi connectivity index (χ2n) is 6.67.